The van der Waals surface area contributed by atoms with Crippen molar-refractivity contribution in [2.75, 3.05) is 5.73 Å². The third kappa shape index (κ3) is 2.81. The zero-order valence-corrected chi connectivity index (χ0v) is 10.2. The van der Waals surface area contributed by atoms with Gasteiger partial charge in [-0.2, -0.15) is 0 Å². The Hall–Kier alpha value is -2.17. The van der Waals surface area contributed by atoms with Crippen LogP contribution in [0, 0.1) is 12.7 Å². The van der Waals surface area contributed by atoms with Crippen LogP contribution in [0.3, 0.4) is 0 Å². The molecule has 0 radical (unpaired) electrons. The Kier molecular flexibility index (Phi) is 3.64. The van der Waals surface area contributed by atoms with Gasteiger partial charge in [0.1, 0.15) is 5.75 Å². The first-order chi connectivity index (χ1) is 8.99. The lowest BCUT2D eigenvalue weighted by atomic mass is 10.1. The molecule has 0 amide bonds. The van der Waals surface area contributed by atoms with Crippen LogP contribution in [0.5, 0.6) is 11.5 Å². The molecule has 2 rings (SSSR count). The summed E-state index contributed by atoms with van der Waals surface area (Å²) in [6.45, 7) is 1.57. The minimum atomic E-state index is -2.74. The number of halogens is 3. The van der Waals surface area contributed by atoms with Gasteiger partial charge >= 0.3 is 0 Å². The van der Waals surface area contributed by atoms with E-state index in [0.29, 0.717) is 5.56 Å². The standard InChI is InChI=1S/C14H12F3NO/c1-8-3-2-4-12(13(8)15)19-11-6-5-9(18)7-10(11)14(16)17/h2-7,14H,18H2,1H3. The van der Waals surface area contributed by atoms with Crippen molar-refractivity contribution in [2.45, 2.75) is 13.3 Å². The monoisotopic (exact) mass is 267 g/mol. The minimum absolute atomic E-state index is 0.0910. The zero-order valence-electron chi connectivity index (χ0n) is 10.2. The molecule has 0 aliphatic rings. The molecule has 100 valence electrons. The van der Waals surface area contributed by atoms with Crippen molar-refractivity contribution in [3.05, 3.63) is 53.3 Å². The van der Waals surface area contributed by atoms with Gasteiger partial charge in [-0.15, -0.1) is 0 Å². The number of nitrogens with two attached hydrogens (primary N) is 1. The molecule has 19 heavy (non-hydrogen) atoms. The fourth-order valence-corrected chi connectivity index (χ4v) is 1.65. The number of nitrogen functional groups attached to an aromatic ring is 1. The highest BCUT2D eigenvalue weighted by Gasteiger charge is 2.16. The summed E-state index contributed by atoms with van der Waals surface area (Å²) >= 11 is 0. The fourth-order valence-electron chi connectivity index (χ4n) is 1.65. The lowest BCUT2D eigenvalue weighted by molar-refractivity contribution is 0.148. The first kappa shape index (κ1) is 13.3. The second kappa shape index (κ2) is 5.22. The first-order valence-corrected chi connectivity index (χ1v) is 5.59. The SMILES string of the molecule is Cc1cccc(Oc2ccc(N)cc2C(F)F)c1F. The molecule has 0 bridgehead atoms. The van der Waals surface area contributed by atoms with Crippen LogP contribution in [-0.2, 0) is 0 Å². The summed E-state index contributed by atoms with van der Waals surface area (Å²) in [5.41, 5.74) is 5.67. The number of rotatable bonds is 3. The molecule has 0 heterocycles. The van der Waals surface area contributed by atoms with Crippen LogP contribution in [0.1, 0.15) is 17.6 Å². The predicted molar refractivity (Wildman–Crippen MR) is 67.0 cm³/mol. The van der Waals surface area contributed by atoms with Crippen LogP contribution in [0.25, 0.3) is 0 Å². The van der Waals surface area contributed by atoms with E-state index in [1.165, 1.54) is 18.2 Å². The van der Waals surface area contributed by atoms with E-state index < -0.39 is 12.2 Å². The average molecular weight is 267 g/mol. The summed E-state index contributed by atoms with van der Waals surface area (Å²) < 4.78 is 44.7. The third-order valence-corrected chi connectivity index (χ3v) is 2.65. The second-order valence-electron chi connectivity index (χ2n) is 4.09. The number of aryl methyl sites for hydroxylation is 1. The Morgan fingerprint density at radius 1 is 1.11 bits per heavy atom. The normalized spacial score (nSPS) is 10.8. The molecule has 0 aromatic heterocycles. The predicted octanol–water partition coefficient (Wildman–Crippen LogP) is 4.45. The van der Waals surface area contributed by atoms with Gasteiger partial charge in [0.25, 0.3) is 6.43 Å². The summed E-state index contributed by atoms with van der Waals surface area (Å²) in [4.78, 5) is 0. The maximum Gasteiger partial charge on any atom is 0.267 e. The van der Waals surface area contributed by atoms with Gasteiger partial charge in [0, 0.05) is 5.69 Å². The third-order valence-electron chi connectivity index (χ3n) is 2.65. The van der Waals surface area contributed by atoms with E-state index >= 15 is 0 Å². The van der Waals surface area contributed by atoms with E-state index in [-0.39, 0.29) is 22.7 Å². The van der Waals surface area contributed by atoms with Gasteiger partial charge in [0.15, 0.2) is 11.6 Å². The maximum absolute atomic E-state index is 13.8. The van der Waals surface area contributed by atoms with Gasteiger partial charge in [-0.05, 0) is 36.8 Å². The molecule has 5 heteroatoms. The van der Waals surface area contributed by atoms with Gasteiger partial charge in [0.2, 0.25) is 0 Å². The number of anilines is 1. The Balaban J connectivity index is 2.41. The number of benzene rings is 2. The Bertz CT molecular complexity index is 599. The topological polar surface area (TPSA) is 35.2 Å². The molecular weight excluding hydrogens is 255 g/mol. The van der Waals surface area contributed by atoms with Crippen LogP contribution < -0.4 is 10.5 Å². The van der Waals surface area contributed by atoms with Crippen LogP contribution in [0.2, 0.25) is 0 Å². The van der Waals surface area contributed by atoms with Crippen molar-refractivity contribution in [3.63, 3.8) is 0 Å². The average Bonchev–Trinajstić information content (AvgIpc) is 2.36. The van der Waals surface area contributed by atoms with Crippen LogP contribution in [0.4, 0.5) is 18.9 Å². The Morgan fingerprint density at radius 3 is 2.53 bits per heavy atom. The number of ether oxygens (including phenoxy) is 1. The Morgan fingerprint density at radius 2 is 1.84 bits per heavy atom. The van der Waals surface area contributed by atoms with Crippen molar-refractivity contribution in [1.82, 2.24) is 0 Å². The quantitative estimate of drug-likeness (QED) is 0.834. The largest absolute Gasteiger partial charge is 0.454 e. The highest BCUT2D eigenvalue weighted by Crippen LogP contribution is 2.35. The lowest BCUT2D eigenvalue weighted by Gasteiger charge is -2.12. The highest BCUT2D eigenvalue weighted by molar-refractivity contribution is 5.50. The van der Waals surface area contributed by atoms with E-state index in [1.54, 1.807) is 19.1 Å². The smallest absolute Gasteiger partial charge is 0.267 e. The van der Waals surface area contributed by atoms with Gasteiger partial charge in [0.05, 0.1) is 5.56 Å². The second-order valence-corrected chi connectivity index (χ2v) is 4.09. The molecule has 0 saturated heterocycles. The Labute approximate surface area is 108 Å². The van der Waals surface area contributed by atoms with E-state index in [0.717, 1.165) is 6.07 Å². The molecule has 0 aliphatic heterocycles. The number of hydrogen-bond donors (Lipinski definition) is 1. The molecule has 0 unspecified atom stereocenters. The molecule has 2 nitrogen and oxygen atoms in total. The van der Waals surface area contributed by atoms with Crippen LogP contribution in [0.15, 0.2) is 36.4 Å². The maximum atomic E-state index is 13.8. The van der Waals surface area contributed by atoms with Crippen LogP contribution >= 0.6 is 0 Å². The molecule has 2 aromatic carbocycles. The van der Waals surface area contributed by atoms with E-state index in [2.05, 4.69) is 0 Å². The van der Waals surface area contributed by atoms with Gasteiger partial charge in [-0.25, -0.2) is 13.2 Å². The fraction of sp³-hybridized carbons (Fsp3) is 0.143. The van der Waals surface area contributed by atoms with Crippen molar-refractivity contribution in [2.24, 2.45) is 0 Å². The molecule has 0 atom stereocenters. The summed E-state index contributed by atoms with van der Waals surface area (Å²) in [6, 6.07) is 8.39. The minimum Gasteiger partial charge on any atom is -0.454 e. The van der Waals surface area contributed by atoms with Crippen molar-refractivity contribution < 1.29 is 17.9 Å². The van der Waals surface area contributed by atoms with E-state index in [4.69, 9.17) is 10.5 Å². The van der Waals surface area contributed by atoms with Crippen molar-refractivity contribution in [3.8, 4) is 11.5 Å². The molecule has 2 aromatic rings. The molecule has 0 saturated carbocycles. The molecule has 0 aliphatic carbocycles. The first-order valence-electron chi connectivity index (χ1n) is 5.59. The summed E-state index contributed by atoms with van der Waals surface area (Å²) in [7, 11) is 0. The van der Waals surface area contributed by atoms with E-state index in [9.17, 15) is 13.2 Å². The van der Waals surface area contributed by atoms with Gasteiger partial charge < -0.3 is 10.5 Å². The molecule has 0 spiro atoms. The van der Waals surface area contributed by atoms with Crippen LogP contribution in [-0.4, -0.2) is 0 Å². The van der Waals surface area contributed by atoms with Gasteiger partial charge in [-0.1, -0.05) is 12.1 Å². The number of hydrogen-bond acceptors (Lipinski definition) is 2. The van der Waals surface area contributed by atoms with Crippen molar-refractivity contribution >= 4 is 5.69 Å². The zero-order chi connectivity index (χ0) is 14.0. The molecule has 0 fully saturated rings. The molecular formula is C14H12F3NO. The number of alkyl halides is 2. The summed E-state index contributed by atoms with van der Waals surface area (Å²) in [6.07, 6.45) is -2.74. The molecule has 2 N–H and O–H groups in total. The van der Waals surface area contributed by atoms with Gasteiger partial charge in [-0.3, -0.25) is 0 Å². The summed E-state index contributed by atoms with van der Waals surface area (Å²) in [5, 5.41) is 0. The van der Waals surface area contributed by atoms with E-state index in [1.807, 2.05) is 0 Å². The lowest BCUT2D eigenvalue weighted by Crippen LogP contribution is -1.97. The van der Waals surface area contributed by atoms with Crippen molar-refractivity contribution in [1.29, 1.82) is 0 Å². The highest BCUT2D eigenvalue weighted by atomic mass is 19.3. The summed E-state index contributed by atoms with van der Waals surface area (Å²) in [5.74, 6) is -0.764.